The molecule has 16 heavy (non-hydrogen) atoms. The summed E-state index contributed by atoms with van der Waals surface area (Å²) in [6.45, 7) is 0.783. The molecule has 0 saturated carbocycles. The zero-order valence-electron chi connectivity index (χ0n) is 8.64. The smallest absolute Gasteiger partial charge is 0.165 e. The second-order valence-electron chi connectivity index (χ2n) is 3.81. The van der Waals surface area contributed by atoms with E-state index in [1.807, 2.05) is 0 Å². The average Bonchev–Trinajstić information content (AvgIpc) is 2.75. The highest BCUT2D eigenvalue weighted by molar-refractivity contribution is 6.33. The van der Waals surface area contributed by atoms with E-state index in [1.54, 1.807) is 10.9 Å². The molecule has 0 spiro atoms. The third-order valence-corrected chi connectivity index (χ3v) is 3.07. The monoisotopic (exact) mass is 238 g/mol. The highest BCUT2D eigenvalue weighted by Gasteiger charge is 2.19. The molecule has 5 nitrogen and oxygen atoms in total. The van der Waals surface area contributed by atoms with E-state index in [-0.39, 0.29) is 6.23 Å². The van der Waals surface area contributed by atoms with E-state index < -0.39 is 0 Å². The van der Waals surface area contributed by atoms with Crippen molar-refractivity contribution in [2.45, 2.75) is 25.5 Å². The molecule has 0 unspecified atom stereocenters. The van der Waals surface area contributed by atoms with Crippen LogP contribution in [-0.4, -0.2) is 26.4 Å². The minimum Gasteiger partial charge on any atom is -0.356 e. The summed E-state index contributed by atoms with van der Waals surface area (Å²) in [5.41, 5.74) is 0.743. The van der Waals surface area contributed by atoms with Crippen LogP contribution < -0.4 is 0 Å². The third-order valence-electron chi connectivity index (χ3n) is 2.77. The molecule has 3 rings (SSSR count). The van der Waals surface area contributed by atoms with E-state index in [1.165, 1.54) is 6.33 Å². The largest absolute Gasteiger partial charge is 0.356 e. The van der Waals surface area contributed by atoms with Crippen molar-refractivity contribution in [2.24, 2.45) is 0 Å². The van der Waals surface area contributed by atoms with E-state index >= 15 is 0 Å². The minimum atomic E-state index is -0.0165. The lowest BCUT2D eigenvalue weighted by Crippen LogP contribution is -2.19. The summed E-state index contributed by atoms with van der Waals surface area (Å²) in [6.07, 6.45) is 6.37. The summed E-state index contributed by atoms with van der Waals surface area (Å²) < 4.78 is 7.46. The summed E-state index contributed by atoms with van der Waals surface area (Å²) >= 11 is 5.96. The summed E-state index contributed by atoms with van der Waals surface area (Å²) in [7, 11) is 0. The molecule has 2 aromatic rings. The highest BCUT2D eigenvalue weighted by Crippen LogP contribution is 2.26. The summed E-state index contributed by atoms with van der Waals surface area (Å²) in [5.74, 6) is 0. The SMILES string of the molecule is Clc1ncnc2c1cnn2[C@H]1CCCCO1. The number of hydrogen-bond donors (Lipinski definition) is 0. The zero-order chi connectivity index (χ0) is 11.0. The molecule has 0 amide bonds. The third kappa shape index (κ3) is 1.56. The fraction of sp³-hybridized carbons (Fsp3) is 0.500. The van der Waals surface area contributed by atoms with Crippen molar-refractivity contribution in [2.75, 3.05) is 6.61 Å². The Morgan fingerprint density at radius 1 is 1.38 bits per heavy atom. The van der Waals surface area contributed by atoms with Gasteiger partial charge >= 0.3 is 0 Å². The van der Waals surface area contributed by atoms with Crippen molar-refractivity contribution >= 4 is 22.6 Å². The molecule has 0 radical (unpaired) electrons. The second-order valence-corrected chi connectivity index (χ2v) is 4.17. The van der Waals surface area contributed by atoms with Gasteiger partial charge < -0.3 is 4.74 Å². The molecular weight excluding hydrogens is 228 g/mol. The van der Waals surface area contributed by atoms with E-state index in [2.05, 4.69) is 15.1 Å². The van der Waals surface area contributed by atoms with Gasteiger partial charge in [0.15, 0.2) is 11.9 Å². The van der Waals surface area contributed by atoms with Crippen LogP contribution >= 0.6 is 11.6 Å². The lowest BCUT2D eigenvalue weighted by Gasteiger charge is -2.22. The topological polar surface area (TPSA) is 52.8 Å². The summed E-state index contributed by atoms with van der Waals surface area (Å²) in [5, 5.41) is 5.50. The Bertz CT molecular complexity index is 506. The van der Waals surface area contributed by atoms with E-state index in [0.29, 0.717) is 5.15 Å². The summed E-state index contributed by atoms with van der Waals surface area (Å²) in [4.78, 5) is 8.13. The first kappa shape index (κ1) is 9.99. The highest BCUT2D eigenvalue weighted by atomic mass is 35.5. The van der Waals surface area contributed by atoms with Crippen molar-refractivity contribution < 1.29 is 4.74 Å². The Labute approximate surface area is 97.4 Å². The van der Waals surface area contributed by atoms with Crippen LogP contribution in [0.4, 0.5) is 0 Å². The van der Waals surface area contributed by atoms with E-state index in [0.717, 1.165) is 36.9 Å². The predicted octanol–water partition coefficient (Wildman–Crippen LogP) is 2.18. The molecule has 6 heteroatoms. The Morgan fingerprint density at radius 2 is 2.31 bits per heavy atom. The van der Waals surface area contributed by atoms with Crippen LogP contribution in [0.3, 0.4) is 0 Å². The minimum absolute atomic E-state index is 0.0165. The Balaban J connectivity index is 2.06. The normalized spacial score (nSPS) is 21.4. The average molecular weight is 239 g/mol. The van der Waals surface area contributed by atoms with Crippen LogP contribution in [0.1, 0.15) is 25.5 Å². The molecule has 1 aliphatic rings. The van der Waals surface area contributed by atoms with Crippen LogP contribution in [-0.2, 0) is 4.74 Å². The van der Waals surface area contributed by atoms with Crippen molar-refractivity contribution in [3.05, 3.63) is 17.7 Å². The van der Waals surface area contributed by atoms with Crippen LogP contribution in [0.15, 0.2) is 12.5 Å². The second kappa shape index (κ2) is 3.99. The van der Waals surface area contributed by atoms with Crippen molar-refractivity contribution in [3.8, 4) is 0 Å². The number of aromatic nitrogens is 4. The zero-order valence-corrected chi connectivity index (χ0v) is 9.39. The fourth-order valence-electron chi connectivity index (χ4n) is 1.96. The molecular formula is C10H11ClN4O. The lowest BCUT2D eigenvalue weighted by molar-refractivity contribution is -0.0370. The van der Waals surface area contributed by atoms with Gasteiger partial charge in [-0.3, -0.25) is 0 Å². The molecule has 1 atom stereocenters. The van der Waals surface area contributed by atoms with Crippen molar-refractivity contribution in [1.82, 2.24) is 19.7 Å². The molecule has 0 aromatic carbocycles. The molecule has 1 saturated heterocycles. The molecule has 1 fully saturated rings. The molecule has 0 N–H and O–H groups in total. The number of fused-ring (bicyclic) bond motifs is 1. The first-order valence-electron chi connectivity index (χ1n) is 5.31. The standard InChI is InChI=1S/C10H11ClN4O/c11-9-7-5-14-15(10(7)13-6-12-9)8-3-1-2-4-16-8/h5-6,8H,1-4H2/t8-/m1/s1. The van der Waals surface area contributed by atoms with Gasteiger partial charge in [-0.1, -0.05) is 11.6 Å². The van der Waals surface area contributed by atoms with Gasteiger partial charge in [0.1, 0.15) is 11.5 Å². The van der Waals surface area contributed by atoms with Gasteiger partial charge in [-0.15, -0.1) is 0 Å². The molecule has 1 aliphatic heterocycles. The Kier molecular flexibility index (Phi) is 2.49. The van der Waals surface area contributed by atoms with Crippen LogP contribution in [0.2, 0.25) is 5.15 Å². The number of nitrogens with zero attached hydrogens (tertiary/aromatic N) is 4. The molecule has 0 aliphatic carbocycles. The van der Waals surface area contributed by atoms with Crippen molar-refractivity contribution in [3.63, 3.8) is 0 Å². The molecule has 0 bridgehead atoms. The molecule has 84 valence electrons. The first-order valence-corrected chi connectivity index (χ1v) is 5.69. The number of halogens is 1. The maximum atomic E-state index is 5.96. The first-order chi connectivity index (χ1) is 7.86. The van der Waals surface area contributed by atoms with Gasteiger partial charge in [0, 0.05) is 6.61 Å². The van der Waals surface area contributed by atoms with Gasteiger partial charge in [0.05, 0.1) is 11.6 Å². The van der Waals surface area contributed by atoms with Gasteiger partial charge in [0.2, 0.25) is 0 Å². The number of rotatable bonds is 1. The predicted molar refractivity (Wildman–Crippen MR) is 59.2 cm³/mol. The number of hydrogen-bond acceptors (Lipinski definition) is 4. The van der Waals surface area contributed by atoms with Gasteiger partial charge in [-0.2, -0.15) is 5.10 Å². The quantitative estimate of drug-likeness (QED) is 0.715. The van der Waals surface area contributed by atoms with Crippen LogP contribution in [0.25, 0.3) is 11.0 Å². The maximum Gasteiger partial charge on any atom is 0.165 e. The fourth-order valence-corrected chi connectivity index (χ4v) is 2.14. The van der Waals surface area contributed by atoms with Crippen LogP contribution in [0, 0.1) is 0 Å². The molecule has 2 aromatic heterocycles. The number of ether oxygens (including phenoxy) is 1. The van der Waals surface area contributed by atoms with Gasteiger partial charge in [-0.05, 0) is 19.3 Å². The Hall–Kier alpha value is -1.20. The summed E-state index contributed by atoms with van der Waals surface area (Å²) in [6, 6.07) is 0. The van der Waals surface area contributed by atoms with Crippen molar-refractivity contribution in [1.29, 1.82) is 0 Å². The van der Waals surface area contributed by atoms with Gasteiger partial charge in [0.25, 0.3) is 0 Å². The molecule has 3 heterocycles. The Morgan fingerprint density at radius 3 is 3.12 bits per heavy atom. The van der Waals surface area contributed by atoms with Gasteiger partial charge in [-0.25, -0.2) is 14.6 Å². The van der Waals surface area contributed by atoms with E-state index in [4.69, 9.17) is 16.3 Å². The van der Waals surface area contributed by atoms with Crippen LogP contribution in [0.5, 0.6) is 0 Å². The van der Waals surface area contributed by atoms with E-state index in [9.17, 15) is 0 Å². The lowest BCUT2D eigenvalue weighted by atomic mass is 10.2. The maximum absolute atomic E-state index is 5.96.